The van der Waals surface area contributed by atoms with E-state index in [1.54, 1.807) is 35.4 Å². The number of hydrogen-bond donors (Lipinski definition) is 1. The third kappa shape index (κ3) is 2.96. The molecule has 1 aromatic carbocycles. The predicted molar refractivity (Wildman–Crippen MR) is 80.4 cm³/mol. The van der Waals surface area contributed by atoms with Gasteiger partial charge in [0, 0.05) is 12.6 Å². The highest BCUT2D eigenvalue weighted by atomic mass is 32.2. The molecule has 0 saturated heterocycles. The zero-order chi connectivity index (χ0) is 14.0. The standard InChI is InChI=1S/C16H21NO2S/c18-20(19,16-7-2-1-3-8-16)10-9-17-15-11-14(12-15)13-5-4-6-13/h1-3,7-8,15,17H,4-6,9-12H2. The third-order valence-electron chi connectivity index (χ3n) is 4.35. The molecule has 0 spiro atoms. The number of nitrogens with one attached hydrogen (secondary N) is 1. The van der Waals surface area contributed by atoms with Crippen molar-refractivity contribution in [3.8, 4) is 0 Å². The van der Waals surface area contributed by atoms with E-state index in [1.165, 1.54) is 19.3 Å². The molecule has 1 N–H and O–H groups in total. The highest BCUT2D eigenvalue weighted by Gasteiger charge is 2.27. The summed E-state index contributed by atoms with van der Waals surface area (Å²) in [7, 11) is -3.14. The van der Waals surface area contributed by atoms with Crippen molar-refractivity contribution in [1.29, 1.82) is 0 Å². The number of benzene rings is 1. The summed E-state index contributed by atoms with van der Waals surface area (Å²) in [6.07, 6.45) is 6.20. The van der Waals surface area contributed by atoms with Crippen LogP contribution in [0.5, 0.6) is 0 Å². The summed E-state index contributed by atoms with van der Waals surface area (Å²) in [6, 6.07) is 9.19. The Balaban J connectivity index is 1.44. The normalized spacial score (nSPS) is 22.3. The van der Waals surface area contributed by atoms with Crippen molar-refractivity contribution in [2.75, 3.05) is 12.3 Å². The third-order valence-corrected chi connectivity index (χ3v) is 6.08. The zero-order valence-corrected chi connectivity index (χ0v) is 12.5. The van der Waals surface area contributed by atoms with Crippen LogP contribution in [0.1, 0.15) is 32.1 Å². The molecular formula is C16H21NO2S. The highest BCUT2D eigenvalue weighted by Crippen LogP contribution is 2.38. The van der Waals surface area contributed by atoms with Crippen LogP contribution in [0.25, 0.3) is 0 Å². The van der Waals surface area contributed by atoms with E-state index in [0.717, 1.165) is 12.8 Å². The van der Waals surface area contributed by atoms with Gasteiger partial charge in [0.1, 0.15) is 0 Å². The molecule has 0 atom stereocenters. The second kappa shape index (κ2) is 5.70. The first-order chi connectivity index (χ1) is 9.65. The van der Waals surface area contributed by atoms with Crippen LogP contribution in [0.15, 0.2) is 46.4 Å². The molecule has 0 aromatic heterocycles. The molecule has 2 saturated carbocycles. The first kappa shape index (κ1) is 13.8. The predicted octanol–water partition coefficient (Wildman–Crippen LogP) is 2.69. The zero-order valence-electron chi connectivity index (χ0n) is 11.6. The molecule has 0 amide bonds. The fraction of sp³-hybridized carbons (Fsp3) is 0.500. The molecule has 0 unspecified atom stereocenters. The highest BCUT2D eigenvalue weighted by molar-refractivity contribution is 7.91. The Morgan fingerprint density at radius 2 is 1.75 bits per heavy atom. The molecule has 0 heterocycles. The number of allylic oxidation sites excluding steroid dienone is 1. The van der Waals surface area contributed by atoms with Crippen molar-refractivity contribution >= 4 is 9.84 Å². The van der Waals surface area contributed by atoms with Crippen molar-refractivity contribution in [3.05, 3.63) is 41.5 Å². The molecule has 20 heavy (non-hydrogen) atoms. The van der Waals surface area contributed by atoms with Crippen LogP contribution in [0, 0.1) is 0 Å². The van der Waals surface area contributed by atoms with E-state index in [4.69, 9.17) is 0 Å². The first-order valence-electron chi connectivity index (χ1n) is 7.36. The van der Waals surface area contributed by atoms with E-state index in [9.17, 15) is 8.42 Å². The van der Waals surface area contributed by atoms with Crippen LogP contribution >= 0.6 is 0 Å². The fourth-order valence-electron chi connectivity index (χ4n) is 2.82. The first-order valence-corrected chi connectivity index (χ1v) is 9.01. The van der Waals surface area contributed by atoms with E-state index < -0.39 is 9.84 Å². The van der Waals surface area contributed by atoms with Crippen molar-refractivity contribution < 1.29 is 8.42 Å². The molecule has 0 bridgehead atoms. The molecule has 4 heteroatoms. The summed E-state index contributed by atoms with van der Waals surface area (Å²) in [4.78, 5) is 0.424. The molecule has 2 fully saturated rings. The number of sulfone groups is 1. The van der Waals surface area contributed by atoms with Gasteiger partial charge in [0.15, 0.2) is 9.84 Å². The Kier molecular flexibility index (Phi) is 3.94. The number of rotatable bonds is 5. The second-order valence-electron chi connectivity index (χ2n) is 5.75. The van der Waals surface area contributed by atoms with E-state index in [0.29, 0.717) is 17.5 Å². The maximum atomic E-state index is 12.1. The fourth-order valence-corrected chi connectivity index (χ4v) is 4.01. The molecule has 1 aromatic rings. The van der Waals surface area contributed by atoms with E-state index in [2.05, 4.69) is 5.32 Å². The van der Waals surface area contributed by atoms with Gasteiger partial charge in [-0.15, -0.1) is 0 Å². The average molecular weight is 291 g/mol. The van der Waals surface area contributed by atoms with Crippen LogP contribution in [0.2, 0.25) is 0 Å². The summed E-state index contributed by atoms with van der Waals surface area (Å²) >= 11 is 0. The Labute approximate surface area is 121 Å². The molecule has 2 aliphatic carbocycles. The van der Waals surface area contributed by atoms with Gasteiger partial charge in [-0.1, -0.05) is 29.3 Å². The van der Waals surface area contributed by atoms with Gasteiger partial charge < -0.3 is 5.32 Å². The van der Waals surface area contributed by atoms with Crippen molar-refractivity contribution in [2.45, 2.75) is 43.0 Å². The van der Waals surface area contributed by atoms with E-state index >= 15 is 0 Å². The average Bonchev–Trinajstić information content (AvgIpc) is 2.34. The quantitative estimate of drug-likeness (QED) is 0.848. The molecular weight excluding hydrogens is 270 g/mol. The lowest BCUT2D eigenvalue weighted by molar-refractivity contribution is 0.421. The largest absolute Gasteiger partial charge is 0.312 e. The lowest BCUT2D eigenvalue weighted by Crippen LogP contribution is -2.40. The summed E-state index contributed by atoms with van der Waals surface area (Å²) < 4.78 is 24.2. The molecule has 3 rings (SSSR count). The Morgan fingerprint density at radius 3 is 2.35 bits per heavy atom. The van der Waals surface area contributed by atoms with Gasteiger partial charge in [0.25, 0.3) is 0 Å². The molecule has 0 radical (unpaired) electrons. The van der Waals surface area contributed by atoms with Crippen molar-refractivity contribution in [1.82, 2.24) is 5.32 Å². The summed E-state index contributed by atoms with van der Waals surface area (Å²) in [5, 5.41) is 3.36. The van der Waals surface area contributed by atoms with Crippen LogP contribution in [0.3, 0.4) is 0 Å². The van der Waals surface area contributed by atoms with E-state index in [-0.39, 0.29) is 5.75 Å². The molecule has 108 valence electrons. The molecule has 0 aliphatic heterocycles. The second-order valence-corrected chi connectivity index (χ2v) is 7.86. The van der Waals surface area contributed by atoms with Gasteiger partial charge >= 0.3 is 0 Å². The van der Waals surface area contributed by atoms with Crippen molar-refractivity contribution in [2.24, 2.45) is 0 Å². The Morgan fingerprint density at radius 1 is 1.05 bits per heavy atom. The topological polar surface area (TPSA) is 46.2 Å². The summed E-state index contributed by atoms with van der Waals surface area (Å²) in [6.45, 7) is 0.546. The molecule has 3 nitrogen and oxygen atoms in total. The monoisotopic (exact) mass is 291 g/mol. The minimum absolute atomic E-state index is 0.180. The SMILES string of the molecule is O=S(=O)(CCNC1CC(=C2CCC2)C1)c1ccccc1. The molecule has 2 aliphatic rings. The minimum atomic E-state index is -3.14. The smallest absolute Gasteiger partial charge is 0.179 e. The van der Waals surface area contributed by atoms with Crippen LogP contribution in [-0.2, 0) is 9.84 Å². The lowest BCUT2D eigenvalue weighted by Gasteiger charge is -2.35. The van der Waals surface area contributed by atoms with E-state index in [1.807, 2.05) is 6.07 Å². The van der Waals surface area contributed by atoms with Crippen LogP contribution in [-0.4, -0.2) is 26.8 Å². The lowest BCUT2D eigenvalue weighted by atomic mass is 9.76. The van der Waals surface area contributed by atoms with Gasteiger partial charge in [-0.05, 0) is 44.2 Å². The van der Waals surface area contributed by atoms with Gasteiger partial charge in [-0.25, -0.2) is 8.42 Å². The maximum absolute atomic E-state index is 12.1. The van der Waals surface area contributed by atoms with Gasteiger partial charge in [0.05, 0.1) is 10.6 Å². The van der Waals surface area contributed by atoms with Gasteiger partial charge in [-0.2, -0.15) is 0 Å². The van der Waals surface area contributed by atoms with Crippen LogP contribution in [0.4, 0.5) is 0 Å². The maximum Gasteiger partial charge on any atom is 0.179 e. The van der Waals surface area contributed by atoms with Crippen LogP contribution < -0.4 is 5.32 Å². The Bertz CT molecular complexity index is 591. The minimum Gasteiger partial charge on any atom is -0.312 e. The van der Waals surface area contributed by atoms with Gasteiger partial charge in [-0.3, -0.25) is 0 Å². The van der Waals surface area contributed by atoms with Crippen molar-refractivity contribution in [3.63, 3.8) is 0 Å². The summed E-state index contributed by atoms with van der Waals surface area (Å²) in [5.41, 5.74) is 3.29. The Hall–Kier alpha value is -1.13. The number of hydrogen-bond acceptors (Lipinski definition) is 3. The van der Waals surface area contributed by atoms with Gasteiger partial charge in [0.2, 0.25) is 0 Å². The summed E-state index contributed by atoms with van der Waals surface area (Å²) in [5.74, 6) is 0.180.